The topological polar surface area (TPSA) is 54.7 Å². The van der Waals surface area contributed by atoms with Crippen molar-refractivity contribution in [2.24, 2.45) is 5.92 Å². The average Bonchev–Trinajstić information content (AvgIpc) is 3.06. The molecule has 104 valence electrons. The van der Waals surface area contributed by atoms with Gasteiger partial charge in [-0.1, -0.05) is 0 Å². The molecule has 1 amide bonds. The molecule has 3 rings (SSSR count). The lowest BCUT2D eigenvalue weighted by Gasteiger charge is -2.33. The van der Waals surface area contributed by atoms with Gasteiger partial charge in [-0.15, -0.1) is 0 Å². The molecule has 2 aliphatic rings. The number of nitrogens with zero attached hydrogens (tertiary/aromatic N) is 1. The van der Waals surface area contributed by atoms with Crippen molar-refractivity contribution in [3.63, 3.8) is 0 Å². The van der Waals surface area contributed by atoms with Gasteiger partial charge in [0.15, 0.2) is 0 Å². The van der Waals surface area contributed by atoms with Crippen molar-refractivity contribution in [3.8, 4) is 0 Å². The summed E-state index contributed by atoms with van der Waals surface area (Å²) < 4.78 is 11.0. The molecule has 0 aliphatic carbocycles. The fourth-order valence-electron chi connectivity index (χ4n) is 3.11. The monoisotopic (exact) mass is 264 g/mol. The van der Waals surface area contributed by atoms with Gasteiger partial charge >= 0.3 is 0 Å². The molecule has 3 atom stereocenters. The Morgan fingerprint density at radius 2 is 2.47 bits per heavy atom. The molecular formula is C14H20N2O3. The fraction of sp³-hybridized carbons (Fsp3) is 0.643. The van der Waals surface area contributed by atoms with Crippen LogP contribution in [0.3, 0.4) is 0 Å². The Hall–Kier alpha value is -1.33. The van der Waals surface area contributed by atoms with Crippen LogP contribution in [0.2, 0.25) is 0 Å². The molecule has 0 aromatic carbocycles. The zero-order valence-electron chi connectivity index (χ0n) is 11.2. The minimum atomic E-state index is -0.256. The van der Waals surface area contributed by atoms with Crippen molar-refractivity contribution in [2.45, 2.75) is 31.6 Å². The van der Waals surface area contributed by atoms with E-state index in [-0.39, 0.29) is 18.1 Å². The highest BCUT2D eigenvalue weighted by Gasteiger charge is 2.41. The van der Waals surface area contributed by atoms with Gasteiger partial charge in [0.05, 0.1) is 18.6 Å². The van der Waals surface area contributed by atoms with Crippen LogP contribution in [0.1, 0.15) is 18.4 Å². The van der Waals surface area contributed by atoms with Crippen molar-refractivity contribution in [3.05, 3.63) is 24.2 Å². The summed E-state index contributed by atoms with van der Waals surface area (Å²) in [5.41, 5.74) is 1.19. The number of nitrogens with one attached hydrogen (secondary N) is 1. The van der Waals surface area contributed by atoms with Gasteiger partial charge in [-0.25, -0.2) is 0 Å². The lowest BCUT2D eigenvalue weighted by molar-refractivity contribution is -0.132. The van der Waals surface area contributed by atoms with E-state index < -0.39 is 0 Å². The van der Waals surface area contributed by atoms with E-state index in [1.54, 1.807) is 19.6 Å². The van der Waals surface area contributed by atoms with E-state index >= 15 is 0 Å². The average molecular weight is 264 g/mol. The van der Waals surface area contributed by atoms with Crippen LogP contribution in [0.25, 0.3) is 0 Å². The number of carbonyl (C=O) groups excluding carboxylic acids is 1. The Kier molecular flexibility index (Phi) is 3.57. The van der Waals surface area contributed by atoms with Crippen LogP contribution in [0.15, 0.2) is 23.0 Å². The van der Waals surface area contributed by atoms with Gasteiger partial charge < -0.3 is 14.5 Å². The van der Waals surface area contributed by atoms with Gasteiger partial charge in [-0.05, 0) is 31.4 Å². The number of hydrogen-bond donors (Lipinski definition) is 1. The van der Waals surface area contributed by atoms with Gasteiger partial charge in [-0.2, -0.15) is 0 Å². The highest BCUT2D eigenvalue weighted by Crippen LogP contribution is 2.33. The highest BCUT2D eigenvalue weighted by atomic mass is 16.5. The van der Waals surface area contributed by atoms with E-state index in [0.717, 1.165) is 32.5 Å². The van der Waals surface area contributed by atoms with E-state index in [2.05, 4.69) is 10.2 Å². The second kappa shape index (κ2) is 5.35. The van der Waals surface area contributed by atoms with Crippen LogP contribution in [0.4, 0.5) is 0 Å². The molecule has 2 fully saturated rings. The molecule has 19 heavy (non-hydrogen) atoms. The summed E-state index contributed by atoms with van der Waals surface area (Å²) in [7, 11) is 1.67. The summed E-state index contributed by atoms with van der Waals surface area (Å²) in [6, 6.07) is 1.99. The summed E-state index contributed by atoms with van der Waals surface area (Å²) in [5, 5.41) is 2.67. The summed E-state index contributed by atoms with van der Waals surface area (Å²) in [6.07, 6.45) is 5.40. The second-order valence-corrected chi connectivity index (χ2v) is 5.43. The zero-order valence-corrected chi connectivity index (χ0v) is 11.2. The first kappa shape index (κ1) is 12.7. The predicted octanol–water partition coefficient (Wildman–Crippen LogP) is 1.00. The smallest absolute Gasteiger partial charge is 0.248 e. The molecule has 0 unspecified atom stereocenters. The van der Waals surface area contributed by atoms with E-state index in [9.17, 15) is 4.79 Å². The quantitative estimate of drug-likeness (QED) is 0.885. The van der Waals surface area contributed by atoms with Crippen molar-refractivity contribution in [2.75, 3.05) is 20.1 Å². The number of likely N-dealkylation sites (N-methyl/N-ethyl adjacent to an activating group) is 1. The van der Waals surface area contributed by atoms with Crippen LogP contribution < -0.4 is 5.32 Å². The number of likely N-dealkylation sites (tertiary alicyclic amines) is 1. The summed E-state index contributed by atoms with van der Waals surface area (Å²) in [5.74, 6) is 0.540. The summed E-state index contributed by atoms with van der Waals surface area (Å²) >= 11 is 0. The number of furan rings is 1. The standard InChI is InChI=1S/C14H20N2O3/c1-15-14(17)12-6-11-2-4-16(8-13(11)19-12)7-10-3-5-18-9-10/h3,5,9,11-13H,2,4,6-8H2,1H3,(H,15,17)/t11-,12+,13+/m1/s1. The third-order valence-corrected chi connectivity index (χ3v) is 4.16. The van der Waals surface area contributed by atoms with Crippen molar-refractivity contribution < 1.29 is 13.9 Å². The number of hydrogen-bond acceptors (Lipinski definition) is 4. The molecule has 0 radical (unpaired) electrons. The second-order valence-electron chi connectivity index (χ2n) is 5.43. The van der Waals surface area contributed by atoms with Crippen LogP contribution in [0, 0.1) is 5.92 Å². The molecule has 2 aliphatic heterocycles. The van der Waals surface area contributed by atoms with Crippen molar-refractivity contribution in [1.82, 2.24) is 10.2 Å². The van der Waals surface area contributed by atoms with Crippen LogP contribution in [-0.4, -0.2) is 43.2 Å². The lowest BCUT2D eigenvalue weighted by Crippen LogP contribution is -2.42. The first-order chi connectivity index (χ1) is 9.26. The Balaban J connectivity index is 1.57. The molecule has 5 nitrogen and oxygen atoms in total. The fourth-order valence-corrected chi connectivity index (χ4v) is 3.11. The first-order valence-corrected chi connectivity index (χ1v) is 6.86. The summed E-state index contributed by atoms with van der Waals surface area (Å²) in [4.78, 5) is 14.0. The van der Waals surface area contributed by atoms with Gasteiger partial charge in [0.1, 0.15) is 6.10 Å². The van der Waals surface area contributed by atoms with Gasteiger partial charge in [0.25, 0.3) is 0 Å². The van der Waals surface area contributed by atoms with Crippen LogP contribution in [-0.2, 0) is 16.1 Å². The Morgan fingerprint density at radius 3 is 3.21 bits per heavy atom. The SMILES string of the molecule is CNC(=O)[C@@H]1C[C@H]2CCN(Cc3ccoc3)C[C@@H]2O1. The van der Waals surface area contributed by atoms with E-state index in [4.69, 9.17) is 9.15 Å². The van der Waals surface area contributed by atoms with E-state index in [1.165, 1.54) is 5.56 Å². The van der Waals surface area contributed by atoms with E-state index in [1.807, 2.05) is 6.07 Å². The van der Waals surface area contributed by atoms with Gasteiger partial charge in [0.2, 0.25) is 5.91 Å². The Bertz CT molecular complexity index is 432. The third kappa shape index (κ3) is 2.67. The molecule has 5 heteroatoms. The normalized spacial score (nSPS) is 31.1. The number of rotatable bonds is 3. The highest BCUT2D eigenvalue weighted by molar-refractivity contribution is 5.80. The van der Waals surface area contributed by atoms with Gasteiger partial charge in [-0.3, -0.25) is 9.69 Å². The number of fused-ring (bicyclic) bond motifs is 1. The number of carbonyl (C=O) groups is 1. The minimum Gasteiger partial charge on any atom is -0.472 e. The van der Waals surface area contributed by atoms with Crippen molar-refractivity contribution in [1.29, 1.82) is 0 Å². The molecular weight excluding hydrogens is 244 g/mol. The Morgan fingerprint density at radius 1 is 1.58 bits per heavy atom. The first-order valence-electron chi connectivity index (χ1n) is 6.86. The van der Waals surface area contributed by atoms with Gasteiger partial charge in [0, 0.05) is 25.7 Å². The maximum atomic E-state index is 11.6. The molecule has 1 N–H and O–H groups in total. The molecule has 0 spiro atoms. The number of amides is 1. The molecule has 1 aromatic heterocycles. The third-order valence-electron chi connectivity index (χ3n) is 4.16. The Labute approximate surface area is 112 Å². The number of ether oxygens (including phenoxy) is 1. The maximum absolute atomic E-state index is 11.6. The molecule has 0 saturated carbocycles. The maximum Gasteiger partial charge on any atom is 0.248 e. The number of piperidine rings is 1. The molecule has 1 aromatic rings. The summed E-state index contributed by atoms with van der Waals surface area (Å²) in [6.45, 7) is 2.87. The van der Waals surface area contributed by atoms with Crippen molar-refractivity contribution >= 4 is 5.91 Å². The van der Waals surface area contributed by atoms with Crippen LogP contribution in [0.5, 0.6) is 0 Å². The molecule has 3 heterocycles. The lowest BCUT2D eigenvalue weighted by atomic mass is 9.91. The van der Waals surface area contributed by atoms with Crippen LogP contribution >= 0.6 is 0 Å². The predicted molar refractivity (Wildman–Crippen MR) is 69.4 cm³/mol. The zero-order chi connectivity index (χ0) is 13.2. The van der Waals surface area contributed by atoms with E-state index in [0.29, 0.717) is 5.92 Å². The molecule has 2 saturated heterocycles. The minimum absolute atomic E-state index is 0.00999. The molecule has 0 bridgehead atoms. The largest absolute Gasteiger partial charge is 0.472 e.